The SMILES string of the molecule is CSc1cccc(NC(=O)Nc2cccc(O)c2)c1. The van der Waals surface area contributed by atoms with Gasteiger partial charge >= 0.3 is 6.03 Å². The van der Waals surface area contributed by atoms with Crippen molar-refractivity contribution in [1.29, 1.82) is 0 Å². The number of thioether (sulfide) groups is 1. The molecule has 2 rings (SSSR count). The fourth-order valence-corrected chi connectivity index (χ4v) is 2.04. The van der Waals surface area contributed by atoms with E-state index in [1.54, 1.807) is 30.0 Å². The molecule has 0 bridgehead atoms. The summed E-state index contributed by atoms with van der Waals surface area (Å²) in [6.07, 6.45) is 1.98. The molecule has 98 valence electrons. The zero-order valence-electron chi connectivity index (χ0n) is 10.4. The fraction of sp³-hybridized carbons (Fsp3) is 0.0714. The predicted molar refractivity (Wildman–Crippen MR) is 79.0 cm³/mol. The highest BCUT2D eigenvalue weighted by Crippen LogP contribution is 2.19. The fourth-order valence-electron chi connectivity index (χ4n) is 1.58. The topological polar surface area (TPSA) is 61.4 Å². The molecule has 4 nitrogen and oxygen atoms in total. The van der Waals surface area contributed by atoms with Crippen molar-refractivity contribution in [2.75, 3.05) is 16.9 Å². The van der Waals surface area contributed by atoms with Crippen molar-refractivity contribution < 1.29 is 9.90 Å². The maximum Gasteiger partial charge on any atom is 0.323 e. The summed E-state index contributed by atoms with van der Waals surface area (Å²) >= 11 is 1.61. The highest BCUT2D eigenvalue weighted by atomic mass is 32.2. The highest BCUT2D eigenvalue weighted by molar-refractivity contribution is 7.98. The van der Waals surface area contributed by atoms with Crippen LogP contribution in [0.4, 0.5) is 16.2 Å². The summed E-state index contributed by atoms with van der Waals surface area (Å²) in [5.74, 6) is 0.113. The molecule has 2 aromatic rings. The molecule has 0 aliphatic rings. The van der Waals surface area contributed by atoms with Crippen LogP contribution in [0.15, 0.2) is 53.4 Å². The Hall–Kier alpha value is -2.14. The normalized spacial score (nSPS) is 9.95. The summed E-state index contributed by atoms with van der Waals surface area (Å²) in [5, 5.41) is 14.7. The van der Waals surface area contributed by atoms with Gasteiger partial charge in [0.05, 0.1) is 0 Å². The van der Waals surface area contributed by atoms with Gasteiger partial charge in [0.25, 0.3) is 0 Å². The lowest BCUT2D eigenvalue weighted by molar-refractivity contribution is 0.262. The van der Waals surface area contributed by atoms with Crippen LogP contribution in [0.5, 0.6) is 5.75 Å². The van der Waals surface area contributed by atoms with Gasteiger partial charge in [-0.25, -0.2) is 4.79 Å². The highest BCUT2D eigenvalue weighted by Gasteiger charge is 2.03. The molecule has 0 spiro atoms. The molecule has 5 heteroatoms. The smallest absolute Gasteiger partial charge is 0.323 e. The van der Waals surface area contributed by atoms with Crippen molar-refractivity contribution >= 4 is 29.2 Å². The Bertz CT molecular complexity index is 587. The number of rotatable bonds is 3. The van der Waals surface area contributed by atoms with Crippen molar-refractivity contribution in [1.82, 2.24) is 0 Å². The van der Waals surface area contributed by atoms with Crippen LogP contribution in [0.2, 0.25) is 0 Å². The minimum atomic E-state index is -0.344. The van der Waals surface area contributed by atoms with E-state index in [2.05, 4.69) is 10.6 Å². The van der Waals surface area contributed by atoms with Gasteiger partial charge in [0, 0.05) is 22.3 Å². The molecule has 0 heterocycles. The zero-order valence-corrected chi connectivity index (χ0v) is 11.2. The van der Waals surface area contributed by atoms with Gasteiger partial charge in [0.15, 0.2) is 0 Å². The van der Waals surface area contributed by atoms with Crippen LogP contribution in [-0.2, 0) is 0 Å². The van der Waals surface area contributed by atoms with Gasteiger partial charge in [-0.2, -0.15) is 0 Å². The van der Waals surface area contributed by atoms with Gasteiger partial charge in [-0.05, 0) is 36.6 Å². The summed E-state index contributed by atoms with van der Waals surface area (Å²) in [7, 11) is 0. The van der Waals surface area contributed by atoms with E-state index < -0.39 is 0 Å². The number of aromatic hydroxyl groups is 1. The van der Waals surface area contributed by atoms with Crippen molar-refractivity contribution in [3.05, 3.63) is 48.5 Å². The van der Waals surface area contributed by atoms with Crippen LogP contribution in [0, 0.1) is 0 Å². The van der Waals surface area contributed by atoms with E-state index in [0.717, 1.165) is 10.6 Å². The van der Waals surface area contributed by atoms with E-state index in [0.29, 0.717) is 5.69 Å². The Morgan fingerprint density at radius 2 is 1.68 bits per heavy atom. The Labute approximate surface area is 115 Å². The van der Waals surface area contributed by atoms with Gasteiger partial charge in [-0.3, -0.25) is 0 Å². The number of amides is 2. The van der Waals surface area contributed by atoms with Crippen LogP contribution in [-0.4, -0.2) is 17.4 Å². The van der Waals surface area contributed by atoms with Gasteiger partial charge in [0.1, 0.15) is 5.75 Å². The monoisotopic (exact) mass is 274 g/mol. The number of benzene rings is 2. The summed E-state index contributed by atoms with van der Waals surface area (Å²) < 4.78 is 0. The lowest BCUT2D eigenvalue weighted by Gasteiger charge is -2.08. The minimum absolute atomic E-state index is 0.113. The largest absolute Gasteiger partial charge is 0.508 e. The number of hydrogen-bond acceptors (Lipinski definition) is 3. The second kappa shape index (κ2) is 6.15. The third-order valence-electron chi connectivity index (χ3n) is 2.43. The second-order valence-electron chi connectivity index (χ2n) is 3.86. The summed E-state index contributed by atoms with van der Waals surface area (Å²) in [6.45, 7) is 0. The molecule has 2 amide bonds. The van der Waals surface area contributed by atoms with E-state index in [4.69, 9.17) is 0 Å². The number of carbonyl (C=O) groups is 1. The minimum Gasteiger partial charge on any atom is -0.508 e. The number of carbonyl (C=O) groups excluding carboxylic acids is 1. The zero-order chi connectivity index (χ0) is 13.7. The molecule has 0 aromatic heterocycles. The Morgan fingerprint density at radius 1 is 1.05 bits per heavy atom. The molecule has 0 fully saturated rings. The molecule has 0 aliphatic heterocycles. The number of urea groups is 1. The lowest BCUT2D eigenvalue weighted by atomic mass is 10.3. The van der Waals surface area contributed by atoms with Crippen LogP contribution >= 0.6 is 11.8 Å². The number of phenols is 1. The predicted octanol–water partition coefficient (Wildman–Crippen LogP) is 3.76. The maximum atomic E-state index is 11.8. The summed E-state index contributed by atoms with van der Waals surface area (Å²) in [5.41, 5.74) is 1.27. The molecule has 0 radical (unpaired) electrons. The first-order chi connectivity index (χ1) is 9.17. The Balaban J connectivity index is 2.01. The first kappa shape index (κ1) is 13.3. The molecular formula is C14H14N2O2S. The number of hydrogen-bond donors (Lipinski definition) is 3. The van der Waals surface area contributed by atoms with E-state index in [-0.39, 0.29) is 11.8 Å². The van der Waals surface area contributed by atoms with Crippen molar-refractivity contribution in [3.8, 4) is 5.75 Å². The first-order valence-electron chi connectivity index (χ1n) is 5.68. The van der Waals surface area contributed by atoms with Crippen LogP contribution in [0.25, 0.3) is 0 Å². The molecule has 3 N–H and O–H groups in total. The van der Waals surface area contributed by atoms with E-state index in [9.17, 15) is 9.90 Å². The van der Waals surface area contributed by atoms with Crippen LogP contribution in [0.1, 0.15) is 0 Å². The average Bonchev–Trinajstić information content (AvgIpc) is 2.38. The summed E-state index contributed by atoms with van der Waals surface area (Å²) in [4.78, 5) is 12.9. The molecular weight excluding hydrogens is 260 g/mol. The molecule has 0 saturated carbocycles. The van der Waals surface area contributed by atoms with Gasteiger partial charge in [-0.1, -0.05) is 12.1 Å². The van der Waals surface area contributed by atoms with Gasteiger partial charge in [0.2, 0.25) is 0 Å². The number of phenolic OH excluding ortho intramolecular Hbond substituents is 1. The molecule has 0 atom stereocenters. The average molecular weight is 274 g/mol. The van der Waals surface area contributed by atoms with Crippen molar-refractivity contribution in [2.45, 2.75) is 4.90 Å². The lowest BCUT2D eigenvalue weighted by Crippen LogP contribution is -2.19. The standard InChI is InChI=1S/C14H14N2O2S/c1-19-13-7-3-5-11(9-13)16-14(18)15-10-4-2-6-12(17)8-10/h2-9,17H,1H3,(H2,15,16,18). The Kier molecular flexibility index (Phi) is 4.30. The number of nitrogens with one attached hydrogen (secondary N) is 2. The second-order valence-corrected chi connectivity index (χ2v) is 4.74. The van der Waals surface area contributed by atoms with Gasteiger partial charge in [-0.15, -0.1) is 11.8 Å². The van der Waals surface area contributed by atoms with E-state index >= 15 is 0 Å². The van der Waals surface area contributed by atoms with Gasteiger partial charge < -0.3 is 15.7 Å². The molecule has 0 saturated heterocycles. The molecule has 0 aliphatic carbocycles. The van der Waals surface area contributed by atoms with Crippen LogP contribution < -0.4 is 10.6 Å². The van der Waals surface area contributed by atoms with E-state index in [1.807, 2.05) is 30.5 Å². The molecule has 0 unspecified atom stereocenters. The molecule has 19 heavy (non-hydrogen) atoms. The third kappa shape index (κ3) is 3.93. The van der Waals surface area contributed by atoms with Crippen molar-refractivity contribution in [2.24, 2.45) is 0 Å². The third-order valence-corrected chi connectivity index (χ3v) is 3.16. The summed E-state index contributed by atoms with van der Waals surface area (Å²) in [6, 6.07) is 13.6. The molecule has 2 aromatic carbocycles. The van der Waals surface area contributed by atoms with Crippen molar-refractivity contribution in [3.63, 3.8) is 0 Å². The Morgan fingerprint density at radius 3 is 2.32 bits per heavy atom. The quantitative estimate of drug-likeness (QED) is 0.747. The maximum absolute atomic E-state index is 11.8. The van der Waals surface area contributed by atoms with Crippen LogP contribution in [0.3, 0.4) is 0 Å². The number of anilines is 2. The first-order valence-corrected chi connectivity index (χ1v) is 6.91. The van der Waals surface area contributed by atoms with E-state index in [1.165, 1.54) is 6.07 Å².